The fourth-order valence-electron chi connectivity index (χ4n) is 3.32. The van der Waals surface area contributed by atoms with Crippen LogP contribution in [-0.4, -0.2) is 59.3 Å². The van der Waals surface area contributed by atoms with Gasteiger partial charge in [-0.05, 0) is 52.3 Å². The fraction of sp³-hybridized carbons (Fsp3) is 0.696. The molecule has 1 heterocycles. The van der Waals surface area contributed by atoms with Gasteiger partial charge in [-0.1, -0.05) is 36.1 Å². The summed E-state index contributed by atoms with van der Waals surface area (Å²) >= 11 is -1.48. The number of carboxylic acid groups (broad SMARTS) is 1. The Labute approximate surface area is 195 Å². The van der Waals surface area contributed by atoms with Crippen molar-refractivity contribution in [3.05, 3.63) is 35.1 Å². The van der Waals surface area contributed by atoms with Crippen molar-refractivity contribution in [2.45, 2.75) is 76.0 Å². The van der Waals surface area contributed by atoms with Crippen LogP contribution in [0.5, 0.6) is 0 Å². The molecule has 6 nitrogen and oxygen atoms in total. The van der Waals surface area contributed by atoms with Gasteiger partial charge in [0.25, 0.3) is 0 Å². The van der Waals surface area contributed by atoms with E-state index in [-0.39, 0.29) is 19.9 Å². The average Bonchev–Trinajstić information content (AvgIpc) is 2.61. The van der Waals surface area contributed by atoms with E-state index in [1.54, 1.807) is 30.3 Å². The van der Waals surface area contributed by atoms with Gasteiger partial charge in [0, 0.05) is 31.6 Å². The fourth-order valence-corrected chi connectivity index (χ4v) is 5.43. The largest absolute Gasteiger partial charge is 0.597 e. The maximum Gasteiger partial charge on any atom is 0.313 e. The second-order valence-electron chi connectivity index (χ2n) is 11.2. The Bertz CT molecular complexity index is 818. The predicted molar refractivity (Wildman–Crippen MR) is 128 cm³/mol. The summed E-state index contributed by atoms with van der Waals surface area (Å²) in [5.41, 5.74) is -1.44. The molecule has 1 saturated heterocycles. The van der Waals surface area contributed by atoms with Gasteiger partial charge in [0.2, 0.25) is 0 Å². The van der Waals surface area contributed by atoms with Crippen LogP contribution >= 0.6 is 0 Å². The van der Waals surface area contributed by atoms with Crippen LogP contribution in [0.15, 0.2) is 18.2 Å². The summed E-state index contributed by atoms with van der Waals surface area (Å²) in [6.07, 6.45) is 0. The Morgan fingerprint density at radius 1 is 1.28 bits per heavy atom. The maximum atomic E-state index is 15.4. The Balaban J connectivity index is 2.40. The minimum atomic E-state index is -1.48. The summed E-state index contributed by atoms with van der Waals surface area (Å²) < 4.78 is 41.5. The molecular formula is C23H38FNO5SSi. The van der Waals surface area contributed by atoms with E-state index in [1.807, 2.05) is 20.8 Å². The third-order valence-electron chi connectivity index (χ3n) is 5.81. The number of nitrogens with zero attached hydrogens (tertiary/aromatic N) is 1. The minimum Gasteiger partial charge on any atom is -0.597 e. The number of rotatable bonds is 10. The number of carbonyl (C=O) groups is 1. The molecule has 1 fully saturated rings. The second-order valence-corrected chi connectivity index (χ2v) is 19.0. The van der Waals surface area contributed by atoms with Crippen molar-refractivity contribution in [2.24, 2.45) is 0 Å². The number of halogens is 1. The quantitative estimate of drug-likeness (QED) is 0.227. The number of hydrogen-bond donors (Lipinski definition) is 1. The van der Waals surface area contributed by atoms with E-state index in [0.717, 1.165) is 6.04 Å². The molecule has 1 unspecified atom stereocenters. The van der Waals surface area contributed by atoms with Gasteiger partial charge < -0.3 is 19.1 Å². The first-order valence-electron chi connectivity index (χ1n) is 10.9. The van der Waals surface area contributed by atoms with Gasteiger partial charge in [-0.25, -0.2) is 4.39 Å². The molecule has 1 aliphatic rings. The first-order valence-corrected chi connectivity index (χ1v) is 15.7. The summed E-state index contributed by atoms with van der Waals surface area (Å²) in [6.45, 7) is 16.5. The Kier molecular flexibility index (Phi) is 8.28. The number of benzene rings is 1. The number of aliphatic carboxylic acids is 1. The molecule has 32 heavy (non-hydrogen) atoms. The third kappa shape index (κ3) is 5.93. The number of ether oxygens (including phenoxy) is 2. The molecule has 0 spiro atoms. The Hall–Kier alpha value is -0.973. The molecule has 0 bridgehead atoms. The van der Waals surface area contributed by atoms with E-state index in [0.29, 0.717) is 17.7 Å². The minimum absolute atomic E-state index is 0.0968. The van der Waals surface area contributed by atoms with Gasteiger partial charge in [-0.3, -0.25) is 4.79 Å². The Morgan fingerprint density at radius 3 is 2.28 bits per heavy atom. The molecule has 1 aliphatic heterocycles. The highest BCUT2D eigenvalue weighted by atomic mass is 32.2. The lowest BCUT2D eigenvalue weighted by Crippen LogP contribution is -2.64. The van der Waals surface area contributed by atoms with Crippen molar-refractivity contribution in [2.75, 3.05) is 26.6 Å². The van der Waals surface area contributed by atoms with Gasteiger partial charge in [-0.15, -0.1) is 0 Å². The van der Waals surface area contributed by atoms with Crippen LogP contribution in [0.2, 0.25) is 25.7 Å². The molecule has 0 radical (unpaired) electrons. The molecule has 1 N–H and O–H groups in total. The lowest BCUT2D eigenvalue weighted by Gasteiger charge is -2.50. The molecule has 1 atom stereocenters. The van der Waals surface area contributed by atoms with E-state index in [1.165, 1.54) is 6.07 Å². The smallest absolute Gasteiger partial charge is 0.313 e. The number of hydrogen-bond acceptors (Lipinski definition) is 5. The zero-order chi connectivity index (χ0) is 24.5. The van der Waals surface area contributed by atoms with Crippen molar-refractivity contribution < 1.29 is 28.3 Å². The Morgan fingerprint density at radius 2 is 1.88 bits per heavy atom. The molecular weight excluding hydrogens is 449 g/mol. The lowest BCUT2D eigenvalue weighted by molar-refractivity contribution is -0.142. The van der Waals surface area contributed by atoms with Crippen LogP contribution in [0, 0.1) is 5.82 Å². The topological polar surface area (TPSA) is 82.1 Å². The monoisotopic (exact) mass is 487 g/mol. The molecule has 1 aromatic rings. The summed E-state index contributed by atoms with van der Waals surface area (Å²) in [5.74, 6) is -1.56. The van der Waals surface area contributed by atoms with Gasteiger partial charge >= 0.3 is 5.97 Å². The predicted octanol–water partition coefficient (Wildman–Crippen LogP) is 4.49. The zero-order valence-electron chi connectivity index (χ0n) is 20.6. The van der Waals surface area contributed by atoms with E-state index >= 15 is 4.39 Å². The molecule has 182 valence electrons. The molecule has 0 aromatic heterocycles. The van der Waals surface area contributed by atoms with Crippen molar-refractivity contribution >= 4 is 25.4 Å². The first-order chi connectivity index (χ1) is 14.5. The normalized spacial score (nSPS) is 17.8. The van der Waals surface area contributed by atoms with Crippen molar-refractivity contribution in [1.29, 1.82) is 0 Å². The molecule has 2 rings (SSSR count). The molecule has 1 aromatic carbocycles. The van der Waals surface area contributed by atoms with Crippen LogP contribution in [0.4, 0.5) is 4.39 Å². The number of carboxylic acids is 1. The van der Waals surface area contributed by atoms with Gasteiger partial charge in [0.05, 0.1) is 18.6 Å². The summed E-state index contributed by atoms with van der Waals surface area (Å²) in [5, 5.41) is 9.50. The van der Waals surface area contributed by atoms with Crippen molar-refractivity contribution in [1.82, 2.24) is 4.31 Å². The maximum absolute atomic E-state index is 15.4. The summed E-state index contributed by atoms with van der Waals surface area (Å²) in [6, 6.07) is 5.48. The van der Waals surface area contributed by atoms with Crippen LogP contribution in [0.3, 0.4) is 0 Å². The van der Waals surface area contributed by atoms with E-state index in [4.69, 9.17) is 9.47 Å². The van der Waals surface area contributed by atoms with Gasteiger partial charge in [0.15, 0.2) is 0 Å². The van der Waals surface area contributed by atoms with Gasteiger partial charge in [-0.2, -0.15) is 0 Å². The lowest BCUT2D eigenvalue weighted by atomic mass is 9.81. The summed E-state index contributed by atoms with van der Waals surface area (Å²) in [4.78, 5) is 11.6. The van der Waals surface area contributed by atoms with Crippen molar-refractivity contribution in [3.8, 4) is 0 Å². The second kappa shape index (κ2) is 9.72. The van der Waals surface area contributed by atoms with Crippen molar-refractivity contribution in [3.63, 3.8) is 0 Å². The molecule has 0 aliphatic carbocycles. The highest BCUT2D eigenvalue weighted by Gasteiger charge is 2.55. The van der Waals surface area contributed by atoms with E-state index in [2.05, 4.69) is 19.6 Å². The van der Waals surface area contributed by atoms with E-state index < -0.39 is 46.9 Å². The standard InChI is InChI=1S/C23H38FNO5SSi/c1-21(2,3)31(28)25(16-29-11-12-32(6,7)8)23(14-30-15-23)18-10-9-17(13-19(18)24)22(4,5)20(26)27/h9-10,13H,11-12,14-16H2,1-8H3,(H,26,27). The van der Waals surface area contributed by atoms with Crippen LogP contribution in [0.25, 0.3) is 0 Å². The van der Waals surface area contributed by atoms with Crippen LogP contribution in [0.1, 0.15) is 45.7 Å². The highest BCUT2D eigenvalue weighted by Crippen LogP contribution is 2.42. The average molecular weight is 488 g/mol. The van der Waals surface area contributed by atoms with Gasteiger partial charge in [0.1, 0.15) is 22.8 Å². The molecule has 0 amide bonds. The third-order valence-corrected chi connectivity index (χ3v) is 9.42. The van der Waals surface area contributed by atoms with Crippen LogP contribution in [-0.2, 0) is 36.6 Å². The SMILES string of the molecule is CC(C)(C(=O)O)c1ccc(C2(N(COCC[Si](C)(C)C)[S+]([O-])C(C)(C)C)COC2)c(F)c1. The molecule has 9 heteroatoms. The molecule has 0 saturated carbocycles. The van der Waals surface area contributed by atoms with E-state index in [9.17, 15) is 14.5 Å². The first kappa shape index (κ1) is 27.3. The van der Waals surface area contributed by atoms with Crippen LogP contribution < -0.4 is 0 Å². The highest BCUT2D eigenvalue weighted by molar-refractivity contribution is 7.90. The zero-order valence-corrected chi connectivity index (χ0v) is 22.4. The summed E-state index contributed by atoms with van der Waals surface area (Å²) in [7, 11) is -1.29.